The van der Waals surface area contributed by atoms with E-state index < -0.39 is 5.60 Å². The van der Waals surface area contributed by atoms with Crippen molar-refractivity contribution in [1.82, 2.24) is 9.97 Å². The molecular formula is C16H28N4O. The second-order valence-corrected chi connectivity index (χ2v) is 6.27. The summed E-state index contributed by atoms with van der Waals surface area (Å²) >= 11 is 0. The van der Waals surface area contributed by atoms with Gasteiger partial charge in [-0.25, -0.2) is 9.97 Å². The first kappa shape index (κ1) is 16.0. The summed E-state index contributed by atoms with van der Waals surface area (Å²) in [6.07, 6.45) is 8.50. The van der Waals surface area contributed by atoms with Gasteiger partial charge in [-0.1, -0.05) is 26.7 Å². The summed E-state index contributed by atoms with van der Waals surface area (Å²) in [6.45, 7) is 4.88. The summed E-state index contributed by atoms with van der Waals surface area (Å²) in [6, 6.07) is 0. The molecule has 0 aliphatic heterocycles. The van der Waals surface area contributed by atoms with Gasteiger partial charge in [0.2, 0.25) is 0 Å². The maximum atomic E-state index is 10.7. The fourth-order valence-corrected chi connectivity index (χ4v) is 3.12. The van der Waals surface area contributed by atoms with Crippen molar-refractivity contribution in [3.8, 4) is 0 Å². The van der Waals surface area contributed by atoms with E-state index in [-0.39, 0.29) is 0 Å². The van der Waals surface area contributed by atoms with E-state index in [1.165, 1.54) is 12.7 Å². The standard InChI is InChI=1S/C16H28N4O/c1-3-5-13-14(17)19-11-20-15(13)18-10-16(21)8-6-12(4-2)7-9-16/h11-12,21H,3-10H2,1-2H3,(H3,17,18,19,20). The molecule has 118 valence electrons. The third-order valence-electron chi connectivity index (χ3n) is 4.68. The molecule has 1 aliphatic carbocycles. The zero-order valence-electron chi connectivity index (χ0n) is 13.2. The summed E-state index contributed by atoms with van der Waals surface area (Å²) in [5.41, 5.74) is 6.28. The van der Waals surface area contributed by atoms with Crippen molar-refractivity contribution < 1.29 is 5.11 Å². The van der Waals surface area contributed by atoms with E-state index in [1.54, 1.807) is 0 Å². The Bertz CT molecular complexity index is 456. The zero-order chi connectivity index (χ0) is 15.3. The second-order valence-electron chi connectivity index (χ2n) is 6.27. The topological polar surface area (TPSA) is 84.1 Å². The quantitative estimate of drug-likeness (QED) is 0.751. The van der Waals surface area contributed by atoms with Crippen LogP contribution in [0, 0.1) is 5.92 Å². The summed E-state index contributed by atoms with van der Waals surface area (Å²) in [5, 5.41) is 14.0. The Morgan fingerprint density at radius 3 is 2.67 bits per heavy atom. The molecule has 0 aromatic carbocycles. The summed E-state index contributed by atoms with van der Waals surface area (Å²) in [7, 11) is 0. The molecule has 1 fully saturated rings. The molecule has 1 heterocycles. The maximum Gasteiger partial charge on any atom is 0.134 e. The van der Waals surface area contributed by atoms with Crippen molar-refractivity contribution in [3.05, 3.63) is 11.9 Å². The summed E-state index contributed by atoms with van der Waals surface area (Å²) < 4.78 is 0. The molecular weight excluding hydrogens is 264 g/mol. The molecule has 0 bridgehead atoms. The van der Waals surface area contributed by atoms with Crippen LogP contribution in [0.1, 0.15) is 57.9 Å². The molecule has 0 saturated heterocycles. The Morgan fingerprint density at radius 2 is 2.05 bits per heavy atom. The molecule has 5 nitrogen and oxygen atoms in total. The number of anilines is 2. The van der Waals surface area contributed by atoms with Crippen molar-refractivity contribution in [3.63, 3.8) is 0 Å². The molecule has 0 amide bonds. The molecule has 5 heteroatoms. The average Bonchev–Trinajstić information content (AvgIpc) is 2.49. The lowest BCUT2D eigenvalue weighted by Gasteiger charge is -2.36. The van der Waals surface area contributed by atoms with Crippen LogP contribution in [0.5, 0.6) is 0 Å². The fourth-order valence-electron chi connectivity index (χ4n) is 3.12. The summed E-state index contributed by atoms with van der Waals surface area (Å²) in [4.78, 5) is 8.35. The number of nitrogen functional groups attached to an aromatic ring is 1. The first-order chi connectivity index (χ1) is 10.1. The predicted octanol–water partition coefficient (Wildman–Crippen LogP) is 2.75. The normalized spacial score (nSPS) is 25.8. The van der Waals surface area contributed by atoms with Crippen LogP contribution < -0.4 is 11.1 Å². The number of hydrogen-bond acceptors (Lipinski definition) is 5. The lowest BCUT2D eigenvalue weighted by Crippen LogP contribution is -2.40. The van der Waals surface area contributed by atoms with Gasteiger partial charge in [0.25, 0.3) is 0 Å². The van der Waals surface area contributed by atoms with E-state index in [0.29, 0.717) is 12.4 Å². The lowest BCUT2D eigenvalue weighted by atomic mass is 9.78. The van der Waals surface area contributed by atoms with Crippen LogP contribution in [0.3, 0.4) is 0 Å². The van der Waals surface area contributed by atoms with Crippen molar-refractivity contribution in [1.29, 1.82) is 0 Å². The highest BCUT2D eigenvalue weighted by molar-refractivity contribution is 5.55. The highest BCUT2D eigenvalue weighted by atomic mass is 16.3. The molecule has 0 unspecified atom stereocenters. The van der Waals surface area contributed by atoms with Crippen molar-refractivity contribution >= 4 is 11.6 Å². The van der Waals surface area contributed by atoms with E-state index in [4.69, 9.17) is 5.73 Å². The molecule has 1 saturated carbocycles. The van der Waals surface area contributed by atoms with E-state index >= 15 is 0 Å². The third kappa shape index (κ3) is 4.06. The van der Waals surface area contributed by atoms with Gasteiger partial charge in [0, 0.05) is 12.1 Å². The van der Waals surface area contributed by atoms with Crippen molar-refractivity contribution in [2.75, 3.05) is 17.6 Å². The number of nitrogens with two attached hydrogens (primary N) is 1. The van der Waals surface area contributed by atoms with Gasteiger partial charge in [0.1, 0.15) is 18.0 Å². The Balaban J connectivity index is 1.98. The fraction of sp³-hybridized carbons (Fsp3) is 0.750. The minimum atomic E-state index is -0.616. The predicted molar refractivity (Wildman–Crippen MR) is 86.1 cm³/mol. The van der Waals surface area contributed by atoms with Crippen molar-refractivity contribution in [2.45, 2.75) is 64.4 Å². The van der Waals surface area contributed by atoms with Gasteiger partial charge in [-0.15, -0.1) is 0 Å². The molecule has 0 radical (unpaired) electrons. The van der Waals surface area contributed by atoms with E-state index in [9.17, 15) is 5.11 Å². The molecule has 4 N–H and O–H groups in total. The van der Waals surface area contributed by atoms with Gasteiger partial charge >= 0.3 is 0 Å². The van der Waals surface area contributed by atoms with Crippen LogP contribution in [-0.4, -0.2) is 27.2 Å². The third-order valence-corrected chi connectivity index (χ3v) is 4.68. The Hall–Kier alpha value is -1.36. The first-order valence-corrected chi connectivity index (χ1v) is 8.13. The minimum Gasteiger partial charge on any atom is -0.388 e. The second kappa shape index (κ2) is 7.07. The Labute approximate surface area is 127 Å². The monoisotopic (exact) mass is 292 g/mol. The van der Waals surface area contributed by atoms with Crippen molar-refractivity contribution in [2.24, 2.45) is 5.92 Å². The van der Waals surface area contributed by atoms with Gasteiger partial charge in [0.05, 0.1) is 5.60 Å². The van der Waals surface area contributed by atoms with Crippen LogP contribution in [0.4, 0.5) is 11.6 Å². The van der Waals surface area contributed by atoms with Gasteiger partial charge in [-0.3, -0.25) is 0 Å². The highest BCUT2D eigenvalue weighted by Gasteiger charge is 2.32. The molecule has 0 spiro atoms. The van der Waals surface area contributed by atoms with Gasteiger partial charge in [-0.05, 0) is 38.0 Å². The molecule has 21 heavy (non-hydrogen) atoms. The van der Waals surface area contributed by atoms with Crippen LogP contribution in [0.2, 0.25) is 0 Å². The highest BCUT2D eigenvalue weighted by Crippen LogP contribution is 2.34. The first-order valence-electron chi connectivity index (χ1n) is 8.13. The summed E-state index contributed by atoms with van der Waals surface area (Å²) in [5.74, 6) is 2.09. The molecule has 2 rings (SSSR count). The number of rotatable bonds is 6. The van der Waals surface area contributed by atoms with E-state index in [1.807, 2.05) is 0 Å². The smallest absolute Gasteiger partial charge is 0.134 e. The van der Waals surface area contributed by atoms with E-state index in [0.717, 1.165) is 55.8 Å². The SMILES string of the molecule is CCCc1c(N)ncnc1NCC1(O)CCC(CC)CC1. The maximum absolute atomic E-state index is 10.7. The van der Waals surface area contributed by atoms with Crippen LogP contribution in [-0.2, 0) is 6.42 Å². The minimum absolute atomic E-state index is 0.538. The van der Waals surface area contributed by atoms with Crippen LogP contribution in [0.25, 0.3) is 0 Å². The number of hydrogen-bond donors (Lipinski definition) is 3. The largest absolute Gasteiger partial charge is 0.388 e. The average molecular weight is 292 g/mol. The van der Waals surface area contributed by atoms with Gasteiger partial charge < -0.3 is 16.2 Å². The zero-order valence-corrected chi connectivity index (χ0v) is 13.2. The van der Waals surface area contributed by atoms with Crippen LogP contribution in [0.15, 0.2) is 6.33 Å². The Kier molecular flexibility index (Phi) is 5.39. The number of aromatic nitrogens is 2. The van der Waals surface area contributed by atoms with Gasteiger partial charge in [0.15, 0.2) is 0 Å². The van der Waals surface area contributed by atoms with Crippen LogP contribution >= 0.6 is 0 Å². The lowest BCUT2D eigenvalue weighted by molar-refractivity contribution is 0.00222. The number of nitrogens with zero attached hydrogens (tertiary/aromatic N) is 2. The molecule has 0 atom stereocenters. The number of nitrogens with one attached hydrogen (secondary N) is 1. The molecule has 1 aliphatic rings. The Morgan fingerprint density at radius 1 is 1.33 bits per heavy atom. The van der Waals surface area contributed by atoms with E-state index in [2.05, 4.69) is 29.1 Å². The molecule has 1 aromatic rings. The number of aliphatic hydroxyl groups is 1. The van der Waals surface area contributed by atoms with Gasteiger partial charge in [-0.2, -0.15) is 0 Å². The molecule has 1 aromatic heterocycles.